The zero-order chi connectivity index (χ0) is 10.1. The number of ether oxygens (including phenoxy) is 1. The molecule has 1 atom stereocenters. The van der Waals surface area contributed by atoms with Gasteiger partial charge in [0.1, 0.15) is 0 Å². The Bertz CT molecular complexity index is 329. The largest absolute Gasteiger partial charge is 0.504 e. The first kappa shape index (κ1) is 9.38. The van der Waals surface area contributed by atoms with Crippen molar-refractivity contribution in [1.82, 2.24) is 0 Å². The molecular formula is C12H16O2. The number of phenols is 1. The van der Waals surface area contributed by atoms with E-state index in [0.717, 1.165) is 11.5 Å². The number of phenolic OH excluding ortho intramolecular Hbond substituents is 1. The van der Waals surface area contributed by atoms with Crippen molar-refractivity contribution in [3.05, 3.63) is 23.8 Å². The third-order valence-corrected chi connectivity index (χ3v) is 3.07. The Morgan fingerprint density at radius 1 is 1.43 bits per heavy atom. The van der Waals surface area contributed by atoms with Gasteiger partial charge in [-0.25, -0.2) is 0 Å². The van der Waals surface area contributed by atoms with Crippen LogP contribution in [0.4, 0.5) is 0 Å². The van der Waals surface area contributed by atoms with E-state index in [9.17, 15) is 5.11 Å². The zero-order valence-electron chi connectivity index (χ0n) is 8.66. The number of hydrogen-bond donors (Lipinski definition) is 1. The van der Waals surface area contributed by atoms with Crippen molar-refractivity contribution < 1.29 is 9.84 Å². The van der Waals surface area contributed by atoms with Crippen molar-refractivity contribution in [2.75, 3.05) is 7.11 Å². The third kappa shape index (κ3) is 1.57. The fourth-order valence-corrected chi connectivity index (χ4v) is 1.92. The van der Waals surface area contributed by atoms with Gasteiger partial charge in [0.2, 0.25) is 0 Å². The number of hydrogen-bond acceptors (Lipinski definition) is 2. The van der Waals surface area contributed by atoms with E-state index < -0.39 is 0 Å². The SMILES string of the molecule is COc1cccc(C(C)C2CC2)c1O. The van der Waals surface area contributed by atoms with Crippen LogP contribution in [0.2, 0.25) is 0 Å². The highest BCUT2D eigenvalue weighted by atomic mass is 16.5. The minimum absolute atomic E-state index is 0.314. The van der Waals surface area contributed by atoms with Gasteiger partial charge in [-0.3, -0.25) is 0 Å². The van der Waals surface area contributed by atoms with Crippen LogP contribution in [-0.4, -0.2) is 12.2 Å². The summed E-state index contributed by atoms with van der Waals surface area (Å²) in [6.45, 7) is 2.17. The first-order valence-corrected chi connectivity index (χ1v) is 5.10. The van der Waals surface area contributed by atoms with Gasteiger partial charge in [0.15, 0.2) is 11.5 Å². The van der Waals surface area contributed by atoms with E-state index in [1.165, 1.54) is 12.8 Å². The Labute approximate surface area is 84.5 Å². The molecule has 0 spiro atoms. The molecule has 0 aromatic heterocycles. The molecule has 0 radical (unpaired) electrons. The lowest BCUT2D eigenvalue weighted by Crippen LogP contribution is -1.97. The molecule has 0 heterocycles. The van der Waals surface area contributed by atoms with E-state index in [-0.39, 0.29) is 0 Å². The molecule has 1 aliphatic rings. The molecule has 1 unspecified atom stereocenters. The van der Waals surface area contributed by atoms with E-state index in [0.29, 0.717) is 17.4 Å². The smallest absolute Gasteiger partial charge is 0.161 e. The predicted molar refractivity (Wildman–Crippen MR) is 55.8 cm³/mol. The summed E-state index contributed by atoms with van der Waals surface area (Å²) in [7, 11) is 1.58. The van der Waals surface area contributed by atoms with Gasteiger partial charge in [0, 0.05) is 5.56 Å². The summed E-state index contributed by atoms with van der Waals surface area (Å²) in [5.41, 5.74) is 1.02. The molecule has 76 valence electrons. The summed E-state index contributed by atoms with van der Waals surface area (Å²) in [4.78, 5) is 0. The second-order valence-electron chi connectivity index (χ2n) is 4.02. The molecule has 0 aliphatic heterocycles. The van der Waals surface area contributed by atoms with Crippen molar-refractivity contribution >= 4 is 0 Å². The average molecular weight is 192 g/mol. The Morgan fingerprint density at radius 2 is 2.14 bits per heavy atom. The number of para-hydroxylation sites is 1. The fourth-order valence-electron chi connectivity index (χ4n) is 1.92. The molecule has 2 rings (SSSR count). The molecule has 0 bridgehead atoms. The van der Waals surface area contributed by atoms with E-state index in [2.05, 4.69) is 6.92 Å². The van der Waals surface area contributed by atoms with Crippen molar-refractivity contribution in [3.8, 4) is 11.5 Å². The molecule has 2 heteroatoms. The molecule has 1 fully saturated rings. The molecule has 0 saturated heterocycles. The lowest BCUT2D eigenvalue weighted by molar-refractivity contribution is 0.368. The van der Waals surface area contributed by atoms with Crippen LogP contribution in [0, 0.1) is 5.92 Å². The van der Waals surface area contributed by atoms with Crippen LogP contribution in [0.1, 0.15) is 31.2 Å². The minimum Gasteiger partial charge on any atom is -0.504 e. The molecule has 1 aromatic rings. The highest BCUT2D eigenvalue weighted by molar-refractivity contribution is 5.47. The second-order valence-corrected chi connectivity index (χ2v) is 4.02. The number of aromatic hydroxyl groups is 1. The van der Waals surface area contributed by atoms with Crippen LogP contribution in [0.25, 0.3) is 0 Å². The lowest BCUT2D eigenvalue weighted by Gasteiger charge is -2.14. The quantitative estimate of drug-likeness (QED) is 0.797. The molecule has 0 amide bonds. The van der Waals surface area contributed by atoms with Crippen molar-refractivity contribution in [2.24, 2.45) is 5.92 Å². The number of rotatable bonds is 3. The Balaban J connectivity index is 2.31. The molecule has 14 heavy (non-hydrogen) atoms. The highest BCUT2D eigenvalue weighted by Gasteiger charge is 2.30. The first-order chi connectivity index (χ1) is 6.74. The summed E-state index contributed by atoms with van der Waals surface area (Å²) in [5.74, 6) is 2.10. The van der Waals surface area contributed by atoms with Gasteiger partial charge < -0.3 is 9.84 Å². The van der Waals surface area contributed by atoms with Gasteiger partial charge in [-0.2, -0.15) is 0 Å². The van der Waals surface area contributed by atoms with E-state index in [1.54, 1.807) is 13.2 Å². The van der Waals surface area contributed by atoms with Crippen LogP contribution in [0.5, 0.6) is 11.5 Å². The summed E-state index contributed by atoms with van der Waals surface area (Å²) in [5, 5.41) is 9.91. The summed E-state index contributed by atoms with van der Waals surface area (Å²) in [6.07, 6.45) is 2.58. The Hall–Kier alpha value is -1.18. The maximum Gasteiger partial charge on any atom is 0.161 e. The highest BCUT2D eigenvalue weighted by Crippen LogP contribution is 2.46. The Morgan fingerprint density at radius 3 is 2.71 bits per heavy atom. The summed E-state index contributed by atoms with van der Waals surface area (Å²) < 4.78 is 5.09. The number of methoxy groups -OCH3 is 1. The normalized spacial score (nSPS) is 17.9. The van der Waals surface area contributed by atoms with E-state index >= 15 is 0 Å². The van der Waals surface area contributed by atoms with E-state index in [4.69, 9.17) is 4.74 Å². The molecule has 2 nitrogen and oxygen atoms in total. The fraction of sp³-hybridized carbons (Fsp3) is 0.500. The number of benzene rings is 1. The summed E-state index contributed by atoms with van der Waals surface area (Å²) >= 11 is 0. The Kier molecular flexibility index (Phi) is 2.36. The van der Waals surface area contributed by atoms with Gasteiger partial charge in [0.05, 0.1) is 7.11 Å². The van der Waals surface area contributed by atoms with Crippen LogP contribution >= 0.6 is 0 Å². The summed E-state index contributed by atoms with van der Waals surface area (Å²) in [6, 6.07) is 5.71. The van der Waals surface area contributed by atoms with Crippen LogP contribution in [0.15, 0.2) is 18.2 Å². The molecular weight excluding hydrogens is 176 g/mol. The zero-order valence-corrected chi connectivity index (χ0v) is 8.66. The van der Waals surface area contributed by atoms with Crippen LogP contribution in [0.3, 0.4) is 0 Å². The van der Waals surface area contributed by atoms with Gasteiger partial charge in [0.25, 0.3) is 0 Å². The van der Waals surface area contributed by atoms with Gasteiger partial charge >= 0.3 is 0 Å². The van der Waals surface area contributed by atoms with Crippen LogP contribution in [-0.2, 0) is 0 Å². The first-order valence-electron chi connectivity index (χ1n) is 5.10. The maximum absolute atomic E-state index is 9.91. The molecule has 1 N–H and O–H groups in total. The van der Waals surface area contributed by atoms with E-state index in [1.807, 2.05) is 12.1 Å². The van der Waals surface area contributed by atoms with Crippen molar-refractivity contribution in [1.29, 1.82) is 0 Å². The standard InChI is InChI=1S/C12H16O2/c1-8(9-6-7-9)10-4-3-5-11(14-2)12(10)13/h3-5,8-9,13H,6-7H2,1-2H3. The third-order valence-electron chi connectivity index (χ3n) is 3.07. The van der Waals surface area contributed by atoms with Gasteiger partial charge in [-0.1, -0.05) is 19.1 Å². The minimum atomic E-state index is 0.314. The second kappa shape index (κ2) is 3.52. The monoisotopic (exact) mass is 192 g/mol. The topological polar surface area (TPSA) is 29.5 Å². The van der Waals surface area contributed by atoms with Gasteiger partial charge in [-0.15, -0.1) is 0 Å². The maximum atomic E-state index is 9.91. The molecule has 1 saturated carbocycles. The molecule has 1 aliphatic carbocycles. The van der Waals surface area contributed by atoms with Crippen molar-refractivity contribution in [3.63, 3.8) is 0 Å². The lowest BCUT2D eigenvalue weighted by atomic mass is 9.95. The van der Waals surface area contributed by atoms with Gasteiger partial charge in [-0.05, 0) is 30.7 Å². The predicted octanol–water partition coefficient (Wildman–Crippen LogP) is 2.91. The average Bonchev–Trinajstić information content (AvgIpc) is 3.00. The molecule has 1 aromatic carbocycles. The van der Waals surface area contributed by atoms with Crippen molar-refractivity contribution in [2.45, 2.75) is 25.7 Å². The van der Waals surface area contributed by atoms with Crippen LogP contribution < -0.4 is 4.74 Å².